The molecule has 1 nitrogen and oxygen atoms in total. The zero-order valence-electron chi connectivity index (χ0n) is 7.37. The predicted octanol–water partition coefficient (Wildman–Crippen LogP) is 3.69. The van der Waals surface area contributed by atoms with Crippen molar-refractivity contribution in [3.63, 3.8) is 0 Å². The summed E-state index contributed by atoms with van der Waals surface area (Å²) in [6, 6.07) is 10.3. The van der Waals surface area contributed by atoms with Crippen LogP contribution in [-0.4, -0.2) is 4.98 Å². The number of pyridine rings is 1. The molecule has 2 heteroatoms. The summed E-state index contributed by atoms with van der Waals surface area (Å²) in [5.41, 5.74) is 2.36. The predicted molar refractivity (Wildman–Crippen MR) is 59.1 cm³/mol. The Hall–Kier alpha value is -0.890. The molecule has 1 aromatic heterocycles. The fraction of sp³-hybridized carbons (Fsp3) is 0.182. The van der Waals surface area contributed by atoms with Gasteiger partial charge >= 0.3 is 0 Å². The van der Waals surface area contributed by atoms with Crippen LogP contribution >= 0.6 is 15.9 Å². The minimum absolute atomic E-state index is 0.375. The van der Waals surface area contributed by atoms with Crippen LogP contribution in [0.25, 0.3) is 10.9 Å². The van der Waals surface area contributed by atoms with Gasteiger partial charge in [0, 0.05) is 16.4 Å². The van der Waals surface area contributed by atoms with E-state index in [2.05, 4.69) is 40.0 Å². The molecule has 1 aromatic carbocycles. The third-order valence-corrected chi connectivity index (χ3v) is 2.60. The van der Waals surface area contributed by atoms with Crippen LogP contribution in [0.1, 0.15) is 17.3 Å². The number of benzene rings is 1. The number of fused-ring (bicyclic) bond motifs is 1. The van der Waals surface area contributed by atoms with Gasteiger partial charge in [0.2, 0.25) is 0 Å². The number of para-hydroxylation sites is 1. The summed E-state index contributed by atoms with van der Waals surface area (Å²) in [4.78, 5) is 4.68. The molecule has 1 unspecified atom stereocenters. The van der Waals surface area contributed by atoms with Gasteiger partial charge in [0.05, 0.1) is 5.52 Å². The Bertz CT molecular complexity index is 418. The van der Waals surface area contributed by atoms with E-state index in [1.165, 1.54) is 10.9 Å². The molecule has 0 aliphatic rings. The van der Waals surface area contributed by atoms with E-state index in [1.54, 1.807) is 0 Å². The van der Waals surface area contributed by atoms with Crippen molar-refractivity contribution in [3.05, 3.63) is 42.1 Å². The minimum atomic E-state index is 0.375. The van der Waals surface area contributed by atoms with E-state index in [-0.39, 0.29) is 0 Å². The molecule has 0 aliphatic heterocycles. The fourth-order valence-electron chi connectivity index (χ4n) is 1.46. The highest BCUT2D eigenvalue weighted by Crippen LogP contribution is 2.27. The molecule has 0 saturated heterocycles. The lowest BCUT2D eigenvalue weighted by atomic mass is 10.1. The Morgan fingerprint density at radius 3 is 2.77 bits per heavy atom. The highest BCUT2D eigenvalue weighted by molar-refractivity contribution is 9.09. The maximum atomic E-state index is 4.30. The largest absolute Gasteiger partial charge is 0.256 e. The smallest absolute Gasteiger partial charge is 0.0705 e. The first-order valence-corrected chi connectivity index (χ1v) is 5.18. The van der Waals surface area contributed by atoms with Gasteiger partial charge in [-0.25, -0.2) is 0 Å². The Morgan fingerprint density at radius 1 is 1.23 bits per heavy atom. The maximum Gasteiger partial charge on any atom is 0.0705 e. The zero-order chi connectivity index (χ0) is 9.26. The molecule has 0 N–H and O–H groups in total. The number of nitrogens with zero attached hydrogens (tertiary/aromatic N) is 1. The van der Waals surface area contributed by atoms with Crippen LogP contribution in [0.4, 0.5) is 0 Å². The number of halogens is 1. The normalized spacial score (nSPS) is 13.1. The SMILES string of the molecule is CC(Br)c1ccnc2ccccc12. The molecule has 2 rings (SSSR count). The lowest BCUT2D eigenvalue weighted by molar-refractivity contribution is 1.13. The number of alkyl halides is 1. The van der Waals surface area contributed by atoms with E-state index in [1.807, 2.05) is 24.4 Å². The topological polar surface area (TPSA) is 12.9 Å². The molecule has 0 fully saturated rings. The summed E-state index contributed by atoms with van der Waals surface area (Å²) in [6.45, 7) is 2.13. The highest BCUT2D eigenvalue weighted by atomic mass is 79.9. The van der Waals surface area contributed by atoms with Crippen LogP contribution in [0, 0.1) is 0 Å². The van der Waals surface area contributed by atoms with E-state index >= 15 is 0 Å². The van der Waals surface area contributed by atoms with Crippen LogP contribution in [0.2, 0.25) is 0 Å². The van der Waals surface area contributed by atoms with Crippen molar-refractivity contribution in [2.24, 2.45) is 0 Å². The van der Waals surface area contributed by atoms with Gasteiger partial charge in [-0.05, 0) is 24.6 Å². The molecule has 1 atom stereocenters. The first-order chi connectivity index (χ1) is 6.29. The molecule has 0 spiro atoms. The van der Waals surface area contributed by atoms with Crippen molar-refractivity contribution >= 4 is 26.8 Å². The molecule has 0 radical (unpaired) electrons. The second-order valence-electron chi connectivity index (χ2n) is 3.03. The highest BCUT2D eigenvalue weighted by Gasteiger charge is 2.04. The third kappa shape index (κ3) is 1.59. The summed E-state index contributed by atoms with van der Waals surface area (Å²) in [7, 11) is 0. The van der Waals surface area contributed by atoms with Gasteiger partial charge in [-0.15, -0.1) is 0 Å². The summed E-state index contributed by atoms with van der Waals surface area (Å²) >= 11 is 3.58. The molecule has 0 aliphatic carbocycles. The van der Waals surface area contributed by atoms with Crippen LogP contribution in [0.15, 0.2) is 36.5 Å². The Balaban J connectivity index is 2.76. The summed E-state index contributed by atoms with van der Waals surface area (Å²) in [6.07, 6.45) is 1.86. The van der Waals surface area contributed by atoms with Gasteiger partial charge in [0.25, 0.3) is 0 Å². The van der Waals surface area contributed by atoms with Gasteiger partial charge in [-0.1, -0.05) is 34.1 Å². The Labute approximate surface area is 85.9 Å². The van der Waals surface area contributed by atoms with Crippen molar-refractivity contribution in [2.45, 2.75) is 11.8 Å². The standard InChI is InChI=1S/C11H10BrN/c1-8(12)9-6-7-13-11-5-3-2-4-10(9)11/h2-8H,1H3. The molecule has 0 bridgehead atoms. The molecular formula is C11H10BrN. The minimum Gasteiger partial charge on any atom is -0.256 e. The lowest BCUT2D eigenvalue weighted by Gasteiger charge is -2.06. The summed E-state index contributed by atoms with van der Waals surface area (Å²) < 4.78 is 0. The molecule has 0 amide bonds. The molecule has 2 aromatic rings. The second kappa shape index (κ2) is 3.46. The van der Waals surface area contributed by atoms with Crippen LogP contribution in [-0.2, 0) is 0 Å². The maximum absolute atomic E-state index is 4.30. The number of aromatic nitrogens is 1. The lowest BCUT2D eigenvalue weighted by Crippen LogP contribution is -1.87. The number of hydrogen-bond acceptors (Lipinski definition) is 1. The Morgan fingerprint density at radius 2 is 2.00 bits per heavy atom. The van der Waals surface area contributed by atoms with E-state index < -0.39 is 0 Å². The van der Waals surface area contributed by atoms with Crippen molar-refractivity contribution in [3.8, 4) is 0 Å². The molecule has 1 heterocycles. The molecule has 13 heavy (non-hydrogen) atoms. The average Bonchev–Trinajstić information content (AvgIpc) is 2.17. The number of hydrogen-bond donors (Lipinski definition) is 0. The van der Waals surface area contributed by atoms with Gasteiger partial charge in [-0.3, -0.25) is 4.98 Å². The monoisotopic (exact) mass is 235 g/mol. The first kappa shape index (κ1) is 8.70. The van der Waals surface area contributed by atoms with Gasteiger partial charge in [0.15, 0.2) is 0 Å². The molecular weight excluding hydrogens is 226 g/mol. The van der Waals surface area contributed by atoms with E-state index in [0.717, 1.165) is 5.52 Å². The zero-order valence-corrected chi connectivity index (χ0v) is 8.95. The fourth-order valence-corrected chi connectivity index (χ4v) is 1.86. The molecule has 0 saturated carbocycles. The van der Waals surface area contributed by atoms with Crippen molar-refractivity contribution < 1.29 is 0 Å². The van der Waals surface area contributed by atoms with E-state index in [0.29, 0.717) is 4.83 Å². The second-order valence-corrected chi connectivity index (χ2v) is 4.41. The summed E-state index contributed by atoms with van der Waals surface area (Å²) in [5.74, 6) is 0. The van der Waals surface area contributed by atoms with Crippen molar-refractivity contribution in [1.29, 1.82) is 0 Å². The third-order valence-electron chi connectivity index (χ3n) is 2.11. The van der Waals surface area contributed by atoms with Crippen molar-refractivity contribution in [1.82, 2.24) is 4.98 Å². The van der Waals surface area contributed by atoms with Crippen LogP contribution in [0.5, 0.6) is 0 Å². The van der Waals surface area contributed by atoms with E-state index in [9.17, 15) is 0 Å². The van der Waals surface area contributed by atoms with Gasteiger partial charge in [-0.2, -0.15) is 0 Å². The van der Waals surface area contributed by atoms with Gasteiger partial charge < -0.3 is 0 Å². The van der Waals surface area contributed by atoms with Crippen molar-refractivity contribution in [2.75, 3.05) is 0 Å². The molecule has 66 valence electrons. The van der Waals surface area contributed by atoms with E-state index in [4.69, 9.17) is 0 Å². The Kier molecular flexibility index (Phi) is 2.32. The first-order valence-electron chi connectivity index (χ1n) is 4.27. The van der Waals surface area contributed by atoms with Crippen LogP contribution < -0.4 is 0 Å². The van der Waals surface area contributed by atoms with Crippen LogP contribution in [0.3, 0.4) is 0 Å². The summed E-state index contributed by atoms with van der Waals surface area (Å²) in [5, 5.41) is 1.23. The van der Waals surface area contributed by atoms with Gasteiger partial charge in [0.1, 0.15) is 0 Å². The quantitative estimate of drug-likeness (QED) is 0.688. The average molecular weight is 236 g/mol. The number of rotatable bonds is 1.